The molecule has 0 rings (SSSR count). The molecule has 0 aromatic carbocycles. The number of alkyl halides is 5. The van der Waals surface area contributed by atoms with E-state index < -0.39 is 34.4 Å². The second kappa shape index (κ2) is 16.1. The Bertz CT molecular complexity index is 617. The molecule has 0 fully saturated rings. The van der Waals surface area contributed by atoms with Crippen LogP contribution in [-0.4, -0.2) is 50.5 Å². The molecule has 32 heavy (non-hydrogen) atoms. The maximum Gasteiger partial charge on any atom is 0.389 e. The van der Waals surface area contributed by atoms with Gasteiger partial charge in [0.2, 0.25) is 0 Å². The second-order valence-corrected chi connectivity index (χ2v) is 8.90. The van der Waals surface area contributed by atoms with Crippen LogP contribution < -0.4 is 0 Å². The van der Waals surface area contributed by atoms with E-state index >= 15 is 0 Å². The van der Waals surface area contributed by atoms with Gasteiger partial charge in [0.1, 0.15) is 0 Å². The van der Waals surface area contributed by atoms with Crippen molar-refractivity contribution in [2.45, 2.75) is 56.4 Å². The van der Waals surface area contributed by atoms with E-state index in [1.165, 1.54) is 0 Å². The van der Waals surface area contributed by atoms with Crippen molar-refractivity contribution < 1.29 is 43.8 Å². The van der Waals surface area contributed by atoms with Gasteiger partial charge in [-0.25, -0.2) is 0 Å². The van der Waals surface area contributed by atoms with Crippen molar-refractivity contribution in [1.82, 2.24) is 0 Å². The van der Waals surface area contributed by atoms with E-state index in [0.717, 1.165) is 30.7 Å². The Kier molecular flexibility index (Phi) is 16.4. The highest BCUT2D eigenvalue weighted by molar-refractivity contribution is 7.87. The Morgan fingerprint density at radius 1 is 0.688 bits per heavy atom. The number of rotatable bonds is 17. The Morgan fingerprint density at radius 3 is 1.34 bits per heavy atom. The van der Waals surface area contributed by atoms with Gasteiger partial charge >= 0.3 is 21.5 Å². The monoisotopic (exact) mass is 494 g/mol. The Balaban J connectivity index is 0. The van der Waals surface area contributed by atoms with Gasteiger partial charge in [0.25, 0.3) is 0 Å². The van der Waals surface area contributed by atoms with Gasteiger partial charge in [0.05, 0.1) is 26.2 Å². The molecular weight excluding hydrogens is 460 g/mol. The molecule has 0 amide bonds. The molecule has 0 aliphatic carbocycles. The normalized spacial score (nSPS) is 12.4. The SMILES string of the molecule is C=CC[N+](CC=C)(CC=C)CC=C.O=S(=O)(OF)C(F)(F)CCCCCCCC(F)(F)F. The third-order valence-corrected chi connectivity index (χ3v) is 5.54. The molecule has 0 spiro atoms. The lowest BCUT2D eigenvalue weighted by molar-refractivity contribution is -0.906. The van der Waals surface area contributed by atoms with E-state index in [0.29, 0.717) is 0 Å². The number of halogens is 6. The van der Waals surface area contributed by atoms with Crippen molar-refractivity contribution in [3.8, 4) is 0 Å². The van der Waals surface area contributed by atoms with Crippen LogP contribution in [0.2, 0.25) is 0 Å². The number of nitrogens with zero attached hydrogens (tertiary/aromatic N) is 1. The average Bonchev–Trinajstić information content (AvgIpc) is 2.67. The molecule has 0 bridgehead atoms. The first kappa shape index (κ1) is 32.6. The molecule has 0 atom stereocenters. The highest BCUT2D eigenvalue weighted by Crippen LogP contribution is 2.30. The van der Waals surface area contributed by atoms with E-state index in [9.17, 15) is 34.9 Å². The molecule has 0 N–H and O–H groups in total. The van der Waals surface area contributed by atoms with Crippen molar-refractivity contribution in [3.05, 3.63) is 50.6 Å². The van der Waals surface area contributed by atoms with E-state index in [4.69, 9.17) is 0 Å². The lowest BCUT2D eigenvalue weighted by atomic mass is 10.1. The molecule has 188 valence electrons. The summed E-state index contributed by atoms with van der Waals surface area (Å²) >= 11 is 0. The van der Waals surface area contributed by atoms with Gasteiger partial charge in [0, 0.05) is 12.8 Å². The van der Waals surface area contributed by atoms with Gasteiger partial charge in [-0.1, -0.05) is 50.0 Å². The largest absolute Gasteiger partial charge is 0.389 e. The van der Waals surface area contributed by atoms with Crippen molar-refractivity contribution >= 4 is 10.1 Å². The van der Waals surface area contributed by atoms with Crippen molar-refractivity contribution in [1.29, 1.82) is 0 Å². The highest BCUT2D eigenvalue weighted by Gasteiger charge is 2.46. The minimum Gasteiger partial charge on any atom is -0.311 e. The molecule has 0 aliphatic heterocycles. The van der Waals surface area contributed by atoms with Crippen molar-refractivity contribution in [2.24, 2.45) is 0 Å². The predicted octanol–water partition coefficient (Wildman–Crippen LogP) is 6.65. The summed E-state index contributed by atoms with van der Waals surface area (Å²) < 4.78 is 96.3. The van der Waals surface area contributed by atoms with E-state index in [1.807, 2.05) is 24.3 Å². The van der Waals surface area contributed by atoms with Gasteiger partial charge in [0.15, 0.2) is 0 Å². The van der Waals surface area contributed by atoms with Gasteiger partial charge in [-0.3, -0.25) is 0 Å². The molecule has 0 aromatic rings. The zero-order valence-electron chi connectivity index (χ0n) is 18.3. The molecule has 4 nitrogen and oxygen atoms in total. The molecular formula is C21H34F6NO3S+. The molecule has 0 unspecified atom stereocenters. The molecule has 0 aromatic heterocycles. The Morgan fingerprint density at radius 2 is 1.03 bits per heavy atom. The fraction of sp³-hybridized carbons (Fsp3) is 0.619. The third kappa shape index (κ3) is 14.5. The van der Waals surface area contributed by atoms with E-state index in [-0.39, 0.29) is 32.1 Å². The summed E-state index contributed by atoms with van der Waals surface area (Å²) in [6.45, 7) is 18.8. The smallest absolute Gasteiger partial charge is 0.311 e. The summed E-state index contributed by atoms with van der Waals surface area (Å²) in [6.07, 6.45) is 1.72. The predicted molar refractivity (Wildman–Crippen MR) is 115 cm³/mol. The maximum atomic E-state index is 12.8. The topological polar surface area (TPSA) is 43.4 Å². The molecule has 0 saturated heterocycles. The van der Waals surface area contributed by atoms with Crippen LogP contribution in [0.15, 0.2) is 50.6 Å². The maximum absolute atomic E-state index is 12.8. The fourth-order valence-corrected chi connectivity index (χ4v) is 3.39. The number of hydrogen-bond donors (Lipinski definition) is 0. The van der Waals surface area contributed by atoms with Gasteiger partial charge < -0.3 is 4.48 Å². The van der Waals surface area contributed by atoms with Crippen LogP contribution in [0.4, 0.5) is 26.5 Å². The van der Waals surface area contributed by atoms with Crippen LogP contribution in [0.1, 0.15) is 44.9 Å². The summed E-state index contributed by atoms with van der Waals surface area (Å²) in [7, 11) is -5.56. The van der Waals surface area contributed by atoms with E-state index in [1.54, 1.807) is 0 Å². The van der Waals surface area contributed by atoms with Gasteiger partial charge in [-0.2, -0.15) is 30.4 Å². The van der Waals surface area contributed by atoms with Gasteiger partial charge in [-0.05, 0) is 41.7 Å². The molecule has 0 radical (unpaired) electrons. The van der Waals surface area contributed by atoms with Crippen molar-refractivity contribution in [2.75, 3.05) is 26.2 Å². The van der Waals surface area contributed by atoms with E-state index in [2.05, 4.69) is 30.7 Å². The van der Waals surface area contributed by atoms with Gasteiger partial charge in [-0.15, -0.1) is 0 Å². The minimum atomic E-state index is -5.56. The molecule has 11 heteroatoms. The van der Waals surface area contributed by atoms with Crippen molar-refractivity contribution in [3.63, 3.8) is 0 Å². The first-order valence-corrected chi connectivity index (χ1v) is 11.4. The summed E-state index contributed by atoms with van der Waals surface area (Å²) in [5.74, 6) is 0. The Hall–Kier alpha value is -1.59. The highest BCUT2D eigenvalue weighted by atomic mass is 32.2. The summed E-state index contributed by atoms with van der Waals surface area (Å²) in [5.41, 5.74) is 0. The lowest BCUT2D eigenvalue weighted by Crippen LogP contribution is -2.48. The summed E-state index contributed by atoms with van der Waals surface area (Å²) in [4.78, 5) is 0. The summed E-state index contributed by atoms with van der Waals surface area (Å²) in [5, 5.41) is -4.33. The first-order valence-electron chi connectivity index (χ1n) is 10.0. The minimum absolute atomic E-state index is 0.105. The second-order valence-electron chi connectivity index (χ2n) is 7.26. The fourth-order valence-electron chi connectivity index (χ4n) is 2.90. The van der Waals surface area contributed by atoms with Crippen LogP contribution in [0.25, 0.3) is 0 Å². The standard InChI is InChI=1S/C12H20N.C9H14F6O3S/c1-5-9-13(10-6-2,11-7-3)12-8-4;10-8(11,12)6-4-2-1-3-5-7-9(13,14)19(16,17)18-15/h5-8H,1-4,9-12H2;1-7H2/q+1;. The van der Waals surface area contributed by atoms with Crippen LogP contribution >= 0.6 is 0 Å². The quantitative estimate of drug-likeness (QED) is 0.0984. The van der Waals surface area contributed by atoms with Crippen LogP contribution in [-0.2, 0) is 14.5 Å². The zero-order valence-corrected chi connectivity index (χ0v) is 19.1. The summed E-state index contributed by atoms with van der Waals surface area (Å²) in [6, 6.07) is 0. The zero-order chi connectivity index (χ0) is 25.3. The average molecular weight is 495 g/mol. The van der Waals surface area contributed by atoms with Crippen LogP contribution in [0.3, 0.4) is 0 Å². The first-order chi connectivity index (χ1) is 14.8. The van der Waals surface area contributed by atoms with Crippen LogP contribution in [0, 0.1) is 0 Å². The Labute approximate surface area is 187 Å². The molecule has 0 aliphatic rings. The molecule has 0 heterocycles. The number of unbranched alkanes of at least 4 members (excludes halogenated alkanes) is 4. The number of hydrogen-bond acceptors (Lipinski definition) is 3. The third-order valence-electron chi connectivity index (χ3n) is 4.44. The molecule has 0 saturated carbocycles. The number of quaternary nitrogens is 1. The van der Waals surface area contributed by atoms with Crippen LogP contribution in [0.5, 0.6) is 0 Å². The lowest BCUT2D eigenvalue weighted by Gasteiger charge is -2.35.